The highest BCUT2D eigenvalue weighted by Gasteiger charge is 2.35. The number of nitrogens with zero attached hydrogens (tertiary/aromatic N) is 1. The minimum atomic E-state index is -1.05. The molecular formula is C28H24N4O5S2. The van der Waals surface area contributed by atoms with Crippen LogP contribution in [0, 0.1) is 11.3 Å². The molecule has 2 aromatic carbocycles. The molecule has 1 aliphatic rings. The number of methoxy groups -OCH3 is 1. The van der Waals surface area contributed by atoms with Gasteiger partial charge in [0.15, 0.2) is 0 Å². The molecule has 0 aliphatic carbocycles. The highest BCUT2D eigenvalue weighted by atomic mass is 32.2. The Balaban J connectivity index is 1.56. The number of rotatable bonds is 9. The van der Waals surface area contributed by atoms with Crippen LogP contribution in [0.4, 0.5) is 11.4 Å². The first-order valence-corrected chi connectivity index (χ1v) is 13.5. The van der Waals surface area contributed by atoms with Gasteiger partial charge in [-0.15, -0.1) is 11.3 Å². The lowest BCUT2D eigenvalue weighted by Gasteiger charge is -2.29. The number of carboxylic acid groups (broad SMARTS) is 1. The molecule has 0 radical (unpaired) electrons. The number of dihydropyridines is 1. The molecule has 2 amide bonds. The molecule has 0 saturated heterocycles. The van der Waals surface area contributed by atoms with Crippen LogP contribution in [0.2, 0.25) is 0 Å². The average Bonchev–Trinajstić information content (AvgIpc) is 3.46. The van der Waals surface area contributed by atoms with Gasteiger partial charge in [-0.1, -0.05) is 30.0 Å². The first kappa shape index (κ1) is 27.5. The molecule has 9 nitrogen and oxygen atoms in total. The van der Waals surface area contributed by atoms with Gasteiger partial charge in [0.25, 0.3) is 5.91 Å². The lowest BCUT2D eigenvalue weighted by atomic mass is 9.86. The van der Waals surface area contributed by atoms with Crippen LogP contribution in [0.3, 0.4) is 0 Å². The second kappa shape index (κ2) is 12.3. The number of hydrogen-bond donors (Lipinski definition) is 4. The minimum absolute atomic E-state index is 0.0125. The number of nitrogens with one attached hydrogen (secondary N) is 3. The largest absolute Gasteiger partial charge is 0.495 e. The molecule has 4 rings (SSSR count). The van der Waals surface area contributed by atoms with Gasteiger partial charge in [-0.2, -0.15) is 5.26 Å². The van der Waals surface area contributed by atoms with Crippen molar-refractivity contribution in [2.24, 2.45) is 0 Å². The number of benzene rings is 2. The van der Waals surface area contributed by atoms with Crippen molar-refractivity contribution in [3.8, 4) is 11.8 Å². The van der Waals surface area contributed by atoms with Crippen molar-refractivity contribution in [3.63, 3.8) is 0 Å². The van der Waals surface area contributed by atoms with E-state index in [0.717, 1.165) is 16.6 Å². The molecule has 39 heavy (non-hydrogen) atoms. The van der Waals surface area contributed by atoms with E-state index in [2.05, 4.69) is 22.0 Å². The van der Waals surface area contributed by atoms with Crippen molar-refractivity contribution in [2.75, 3.05) is 23.5 Å². The van der Waals surface area contributed by atoms with Crippen LogP contribution in [0.5, 0.6) is 5.75 Å². The van der Waals surface area contributed by atoms with Crippen LogP contribution in [-0.2, 0) is 9.59 Å². The number of thioether (sulfide) groups is 1. The molecule has 1 aliphatic heterocycles. The highest BCUT2D eigenvalue weighted by molar-refractivity contribution is 8.03. The second-order valence-electron chi connectivity index (χ2n) is 8.34. The number of carboxylic acids is 1. The van der Waals surface area contributed by atoms with Gasteiger partial charge in [0.05, 0.1) is 46.7 Å². The van der Waals surface area contributed by atoms with E-state index in [0.29, 0.717) is 39.0 Å². The Kier molecular flexibility index (Phi) is 8.70. The molecule has 0 saturated carbocycles. The van der Waals surface area contributed by atoms with Crippen molar-refractivity contribution < 1.29 is 24.2 Å². The molecule has 1 atom stereocenters. The highest BCUT2D eigenvalue weighted by Crippen LogP contribution is 2.42. The van der Waals surface area contributed by atoms with E-state index < -0.39 is 11.9 Å². The fourth-order valence-corrected chi connectivity index (χ4v) is 5.77. The molecule has 0 spiro atoms. The Morgan fingerprint density at radius 1 is 1.10 bits per heavy atom. The Labute approximate surface area is 233 Å². The summed E-state index contributed by atoms with van der Waals surface area (Å²) in [6, 6.07) is 18.9. The first-order valence-electron chi connectivity index (χ1n) is 11.7. The Morgan fingerprint density at radius 3 is 2.49 bits per heavy atom. The van der Waals surface area contributed by atoms with Crippen LogP contribution in [0.15, 0.2) is 87.9 Å². The summed E-state index contributed by atoms with van der Waals surface area (Å²) in [5.41, 5.74) is 2.37. The smallest absolute Gasteiger partial charge is 0.335 e. The van der Waals surface area contributed by atoms with Gasteiger partial charge in [-0.3, -0.25) is 9.59 Å². The van der Waals surface area contributed by atoms with Crippen molar-refractivity contribution in [1.82, 2.24) is 5.32 Å². The van der Waals surface area contributed by atoms with Gasteiger partial charge in [0.2, 0.25) is 5.91 Å². The second-order valence-corrected chi connectivity index (χ2v) is 10.3. The topological polar surface area (TPSA) is 141 Å². The normalized spacial score (nSPS) is 14.7. The first-order chi connectivity index (χ1) is 18.8. The van der Waals surface area contributed by atoms with Crippen LogP contribution in [-0.4, -0.2) is 35.8 Å². The molecule has 2 heterocycles. The lowest BCUT2D eigenvalue weighted by molar-refractivity contribution is -0.114. The van der Waals surface area contributed by atoms with Crippen molar-refractivity contribution >= 4 is 52.3 Å². The standard InChI is InChI=1S/C28H24N4O5S2/c1-16-24(26(34)32-20-6-3-4-7-21(20)37-2)25(22-8-5-13-38-22)19(14-29)27(30-16)39-15-23(33)31-18-11-9-17(10-12-18)28(35)36/h3-13,25,30H,15H2,1-2H3,(H,31,33)(H,32,34)(H,35,36)/t25-/m1/s1. The number of ether oxygens (including phenoxy) is 1. The number of nitriles is 1. The van der Waals surface area contributed by atoms with Gasteiger partial charge in [-0.25, -0.2) is 4.79 Å². The number of amides is 2. The summed E-state index contributed by atoms with van der Waals surface area (Å²) in [6.07, 6.45) is 0. The summed E-state index contributed by atoms with van der Waals surface area (Å²) in [5, 5.41) is 30.4. The lowest BCUT2D eigenvalue weighted by Crippen LogP contribution is -2.31. The Bertz CT molecular complexity index is 1510. The number of para-hydroxylation sites is 2. The predicted molar refractivity (Wildman–Crippen MR) is 152 cm³/mol. The molecule has 1 aromatic heterocycles. The third-order valence-electron chi connectivity index (χ3n) is 5.84. The summed E-state index contributed by atoms with van der Waals surface area (Å²) in [7, 11) is 1.52. The third-order valence-corrected chi connectivity index (χ3v) is 7.79. The SMILES string of the molecule is COc1ccccc1NC(=O)C1=C(C)NC(SCC(=O)Nc2ccc(C(=O)O)cc2)=C(C#N)[C@@H]1c1cccs1. The fourth-order valence-electron chi connectivity index (χ4n) is 4.04. The number of anilines is 2. The monoisotopic (exact) mass is 560 g/mol. The van der Waals surface area contributed by atoms with E-state index >= 15 is 0 Å². The molecule has 3 aromatic rings. The molecule has 0 bridgehead atoms. The third kappa shape index (κ3) is 6.31. The van der Waals surface area contributed by atoms with E-state index in [1.165, 1.54) is 42.7 Å². The molecule has 0 fully saturated rings. The zero-order valence-electron chi connectivity index (χ0n) is 21.0. The van der Waals surface area contributed by atoms with Crippen LogP contribution < -0.4 is 20.7 Å². The van der Waals surface area contributed by atoms with Gasteiger partial charge < -0.3 is 25.8 Å². The quantitative estimate of drug-likeness (QED) is 0.281. The number of thiophene rings is 1. The van der Waals surface area contributed by atoms with Gasteiger partial charge >= 0.3 is 5.97 Å². The van der Waals surface area contributed by atoms with E-state index in [-0.39, 0.29) is 23.1 Å². The number of carbonyl (C=O) groups is 3. The number of allylic oxidation sites excluding steroid dienone is 2. The van der Waals surface area contributed by atoms with Crippen LogP contribution >= 0.6 is 23.1 Å². The van der Waals surface area contributed by atoms with Gasteiger partial charge in [-0.05, 0) is 54.8 Å². The van der Waals surface area contributed by atoms with Crippen molar-refractivity contribution in [3.05, 3.63) is 98.4 Å². The summed E-state index contributed by atoms with van der Waals surface area (Å²) in [6.45, 7) is 1.76. The van der Waals surface area contributed by atoms with Gasteiger partial charge in [0, 0.05) is 21.8 Å². The van der Waals surface area contributed by atoms with E-state index in [4.69, 9.17) is 9.84 Å². The maximum Gasteiger partial charge on any atom is 0.335 e. The van der Waals surface area contributed by atoms with E-state index in [1.807, 2.05) is 17.5 Å². The molecule has 198 valence electrons. The van der Waals surface area contributed by atoms with Crippen LogP contribution in [0.1, 0.15) is 28.1 Å². The zero-order chi connectivity index (χ0) is 27.9. The summed E-state index contributed by atoms with van der Waals surface area (Å²) >= 11 is 2.59. The summed E-state index contributed by atoms with van der Waals surface area (Å²) in [5.74, 6) is -1.88. The van der Waals surface area contributed by atoms with Crippen LogP contribution in [0.25, 0.3) is 0 Å². The summed E-state index contributed by atoms with van der Waals surface area (Å²) in [4.78, 5) is 38.0. The molecule has 0 unspecified atom stereocenters. The van der Waals surface area contributed by atoms with E-state index in [1.54, 1.807) is 31.2 Å². The average molecular weight is 561 g/mol. The summed E-state index contributed by atoms with van der Waals surface area (Å²) < 4.78 is 5.36. The fraction of sp³-hybridized carbons (Fsp3) is 0.143. The maximum atomic E-state index is 13.6. The molecule has 4 N–H and O–H groups in total. The molecular weight excluding hydrogens is 536 g/mol. The zero-order valence-corrected chi connectivity index (χ0v) is 22.6. The predicted octanol–water partition coefficient (Wildman–Crippen LogP) is 5.16. The maximum absolute atomic E-state index is 13.6. The van der Waals surface area contributed by atoms with Crippen molar-refractivity contribution in [2.45, 2.75) is 12.8 Å². The Morgan fingerprint density at radius 2 is 1.85 bits per heavy atom. The molecule has 11 heteroatoms. The number of aromatic carboxylic acids is 1. The number of hydrogen-bond acceptors (Lipinski definition) is 8. The number of carbonyl (C=O) groups excluding carboxylic acids is 2. The van der Waals surface area contributed by atoms with Gasteiger partial charge in [0.1, 0.15) is 5.75 Å². The van der Waals surface area contributed by atoms with E-state index in [9.17, 15) is 19.6 Å². The minimum Gasteiger partial charge on any atom is -0.495 e. The van der Waals surface area contributed by atoms with Crippen molar-refractivity contribution in [1.29, 1.82) is 5.26 Å². The Hall–Kier alpha value is -4.53.